The fraction of sp³-hybridized carbons (Fsp3) is 0.615. The normalized spacial score (nSPS) is 13.6. The van der Waals surface area contributed by atoms with E-state index >= 15 is 0 Å². The van der Waals surface area contributed by atoms with Gasteiger partial charge in [-0.3, -0.25) is 9.59 Å². The third-order valence-corrected chi connectivity index (χ3v) is 5.33. The molecule has 0 fully saturated rings. The highest BCUT2D eigenvalue weighted by atomic mass is 16.5. The minimum Gasteiger partial charge on any atom is -0.445 e. The molecule has 3 atom stereocenters. The van der Waals surface area contributed by atoms with Crippen LogP contribution in [-0.4, -0.2) is 48.9 Å². The van der Waals surface area contributed by atoms with Crippen molar-refractivity contribution in [3.63, 3.8) is 0 Å². The molecular formula is C26H42N4O5. The summed E-state index contributed by atoms with van der Waals surface area (Å²) in [7, 11) is 0. The number of nitrogens with two attached hydrogens (primary N) is 1. The lowest BCUT2D eigenvalue weighted by Gasteiger charge is -2.25. The smallest absolute Gasteiger partial charge is 0.408 e. The third-order valence-electron chi connectivity index (χ3n) is 5.33. The molecule has 0 spiro atoms. The van der Waals surface area contributed by atoms with Crippen LogP contribution in [0.25, 0.3) is 0 Å². The van der Waals surface area contributed by atoms with Crippen molar-refractivity contribution in [3.8, 4) is 0 Å². The maximum atomic E-state index is 13.1. The molecule has 0 aromatic heterocycles. The van der Waals surface area contributed by atoms with Gasteiger partial charge in [0.1, 0.15) is 25.0 Å². The van der Waals surface area contributed by atoms with Crippen LogP contribution in [0.3, 0.4) is 0 Å². The molecule has 1 rings (SSSR count). The van der Waals surface area contributed by atoms with Crippen molar-refractivity contribution >= 4 is 24.2 Å². The minimum atomic E-state index is -0.884. The molecule has 9 heteroatoms. The van der Waals surface area contributed by atoms with E-state index in [1.165, 1.54) is 0 Å². The molecule has 3 amide bonds. The lowest BCUT2D eigenvalue weighted by Crippen LogP contribution is -2.55. The van der Waals surface area contributed by atoms with Crippen LogP contribution in [0.2, 0.25) is 0 Å². The molecule has 0 heterocycles. The number of ether oxygens (including phenoxy) is 1. The number of hydrogen-bond donors (Lipinski definition) is 4. The van der Waals surface area contributed by atoms with Crippen molar-refractivity contribution in [1.29, 1.82) is 0 Å². The SMILES string of the molecule is CC(C)C[C@H](C=O)NC(=O)[C@@H](CC(C)C)NC(=O)[C@H](CCCCN)NC(=O)OCc1ccccc1. The molecule has 35 heavy (non-hydrogen) atoms. The van der Waals surface area contributed by atoms with E-state index in [0.717, 1.165) is 5.56 Å². The zero-order chi connectivity index (χ0) is 26.2. The number of hydrogen-bond acceptors (Lipinski definition) is 6. The molecule has 0 aliphatic rings. The van der Waals surface area contributed by atoms with Gasteiger partial charge in [-0.05, 0) is 56.0 Å². The van der Waals surface area contributed by atoms with Gasteiger partial charge in [-0.1, -0.05) is 58.0 Å². The molecule has 5 N–H and O–H groups in total. The molecule has 0 saturated carbocycles. The highest BCUT2D eigenvalue weighted by Crippen LogP contribution is 2.10. The van der Waals surface area contributed by atoms with Gasteiger partial charge in [-0.2, -0.15) is 0 Å². The topological polar surface area (TPSA) is 140 Å². The van der Waals surface area contributed by atoms with Gasteiger partial charge in [0.05, 0.1) is 6.04 Å². The first-order chi connectivity index (χ1) is 16.7. The average molecular weight is 491 g/mol. The highest BCUT2D eigenvalue weighted by Gasteiger charge is 2.28. The lowest BCUT2D eigenvalue weighted by atomic mass is 10.00. The van der Waals surface area contributed by atoms with E-state index in [1.54, 1.807) is 0 Å². The van der Waals surface area contributed by atoms with Gasteiger partial charge in [0.15, 0.2) is 0 Å². The Balaban J connectivity index is 2.85. The molecule has 0 aliphatic carbocycles. The van der Waals surface area contributed by atoms with Crippen molar-refractivity contribution in [3.05, 3.63) is 35.9 Å². The number of unbranched alkanes of at least 4 members (excludes halogenated alkanes) is 1. The summed E-state index contributed by atoms with van der Waals surface area (Å²) in [5, 5.41) is 8.12. The molecule has 1 aromatic rings. The summed E-state index contributed by atoms with van der Waals surface area (Å²) >= 11 is 0. The van der Waals surface area contributed by atoms with E-state index in [2.05, 4.69) is 16.0 Å². The highest BCUT2D eigenvalue weighted by molar-refractivity contribution is 5.92. The van der Waals surface area contributed by atoms with Crippen LogP contribution in [0.15, 0.2) is 30.3 Å². The Kier molecular flexibility index (Phi) is 14.3. The van der Waals surface area contributed by atoms with Crippen LogP contribution in [0, 0.1) is 11.8 Å². The number of carbonyl (C=O) groups excluding carboxylic acids is 4. The Bertz CT molecular complexity index is 785. The largest absolute Gasteiger partial charge is 0.445 e. The van der Waals surface area contributed by atoms with Crippen LogP contribution < -0.4 is 21.7 Å². The maximum Gasteiger partial charge on any atom is 0.408 e. The molecule has 0 aliphatic heterocycles. The van der Waals surface area contributed by atoms with Crippen LogP contribution in [-0.2, 0) is 25.7 Å². The molecular weight excluding hydrogens is 448 g/mol. The molecule has 0 saturated heterocycles. The van der Waals surface area contributed by atoms with E-state index in [1.807, 2.05) is 58.0 Å². The van der Waals surface area contributed by atoms with Gasteiger partial charge in [0, 0.05) is 0 Å². The summed E-state index contributed by atoms with van der Waals surface area (Å²) in [5.74, 6) is -0.560. The second-order valence-electron chi connectivity index (χ2n) is 9.61. The van der Waals surface area contributed by atoms with Crippen molar-refractivity contribution in [2.75, 3.05) is 6.54 Å². The van der Waals surface area contributed by atoms with Gasteiger partial charge in [-0.25, -0.2) is 4.79 Å². The number of rotatable bonds is 16. The van der Waals surface area contributed by atoms with E-state index in [4.69, 9.17) is 10.5 Å². The maximum absolute atomic E-state index is 13.1. The molecule has 1 aromatic carbocycles. The molecule has 9 nitrogen and oxygen atoms in total. The number of nitrogens with one attached hydrogen (secondary N) is 3. The van der Waals surface area contributed by atoms with Crippen LogP contribution in [0.4, 0.5) is 4.79 Å². The van der Waals surface area contributed by atoms with Crippen molar-refractivity contribution in [2.45, 2.75) is 84.5 Å². The van der Waals surface area contributed by atoms with Gasteiger partial charge >= 0.3 is 6.09 Å². The second-order valence-corrected chi connectivity index (χ2v) is 9.61. The fourth-order valence-corrected chi connectivity index (χ4v) is 3.58. The average Bonchev–Trinajstić information content (AvgIpc) is 2.81. The van der Waals surface area contributed by atoms with E-state index < -0.39 is 36.0 Å². The zero-order valence-electron chi connectivity index (χ0n) is 21.4. The van der Waals surface area contributed by atoms with Crippen molar-refractivity contribution < 1.29 is 23.9 Å². The van der Waals surface area contributed by atoms with E-state index in [9.17, 15) is 19.2 Å². The summed E-state index contributed by atoms with van der Waals surface area (Å²) in [5.41, 5.74) is 6.40. The number of aldehydes is 1. The Morgan fingerprint density at radius 1 is 0.886 bits per heavy atom. The third kappa shape index (κ3) is 12.9. The first-order valence-electron chi connectivity index (χ1n) is 12.4. The van der Waals surface area contributed by atoms with Crippen molar-refractivity contribution in [2.24, 2.45) is 17.6 Å². The Hall–Kier alpha value is -2.94. The summed E-state index contributed by atoms with van der Waals surface area (Å²) in [4.78, 5) is 49.8. The number of alkyl carbamates (subject to hydrolysis) is 1. The minimum absolute atomic E-state index is 0.0745. The molecule has 0 unspecified atom stereocenters. The summed E-state index contributed by atoms with van der Waals surface area (Å²) in [6, 6.07) is 6.87. The van der Waals surface area contributed by atoms with Crippen molar-refractivity contribution in [1.82, 2.24) is 16.0 Å². The van der Waals surface area contributed by atoms with Gasteiger partial charge in [-0.15, -0.1) is 0 Å². The van der Waals surface area contributed by atoms with Crippen LogP contribution in [0.1, 0.15) is 65.4 Å². The van der Waals surface area contributed by atoms with Crippen LogP contribution >= 0.6 is 0 Å². The standard InChI is InChI=1S/C26H42N4O5/c1-18(2)14-21(16-31)28-25(33)23(15-19(3)4)29-24(32)22(12-8-9-13-27)30-26(34)35-17-20-10-6-5-7-11-20/h5-7,10-11,16,18-19,21-23H,8-9,12-15,17,27H2,1-4H3,(H,28,33)(H,29,32)(H,30,34)/t21-,22+,23-/m1/s1. The summed E-state index contributed by atoms with van der Waals surface area (Å²) in [6.45, 7) is 8.35. The lowest BCUT2D eigenvalue weighted by molar-refractivity contribution is -0.131. The fourth-order valence-electron chi connectivity index (χ4n) is 3.58. The quantitative estimate of drug-likeness (QED) is 0.207. The first kappa shape index (κ1) is 30.1. The number of carbonyl (C=O) groups is 4. The van der Waals surface area contributed by atoms with E-state index in [0.29, 0.717) is 44.9 Å². The number of amides is 3. The first-order valence-corrected chi connectivity index (χ1v) is 12.4. The molecule has 196 valence electrons. The monoisotopic (exact) mass is 490 g/mol. The molecule has 0 bridgehead atoms. The Morgan fingerprint density at radius 2 is 1.51 bits per heavy atom. The Morgan fingerprint density at radius 3 is 2.09 bits per heavy atom. The molecule has 0 radical (unpaired) electrons. The number of benzene rings is 1. The van der Waals surface area contributed by atoms with E-state index in [-0.39, 0.29) is 18.4 Å². The summed E-state index contributed by atoms with van der Waals surface area (Å²) < 4.78 is 5.26. The van der Waals surface area contributed by atoms with Gasteiger partial charge in [0.2, 0.25) is 11.8 Å². The van der Waals surface area contributed by atoms with Gasteiger partial charge < -0.3 is 31.2 Å². The summed E-state index contributed by atoms with van der Waals surface area (Å²) in [6.07, 6.45) is 2.56. The zero-order valence-corrected chi connectivity index (χ0v) is 21.4. The predicted octanol–water partition coefficient (Wildman–Crippen LogP) is 2.67. The van der Waals surface area contributed by atoms with Gasteiger partial charge in [0.25, 0.3) is 0 Å². The second kappa shape index (κ2) is 16.6. The Labute approximate surface area is 208 Å². The van der Waals surface area contributed by atoms with Crippen LogP contribution in [0.5, 0.6) is 0 Å². The predicted molar refractivity (Wildman–Crippen MR) is 135 cm³/mol.